The third-order valence-corrected chi connectivity index (χ3v) is 3.26. The molecule has 0 aliphatic rings. The highest BCUT2D eigenvalue weighted by Crippen LogP contribution is 2.24. The zero-order valence-corrected chi connectivity index (χ0v) is 12.0. The largest absolute Gasteiger partial charge is 0.504 e. The molecular weight excluding hydrogens is 308 g/mol. The predicted molar refractivity (Wildman–Crippen MR) is 77.8 cm³/mol. The van der Waals surface area contributed by atoms with Crippen LogP contribution in [0.1, 0.15) is 17.2 Å². The Morgan fingerprint density at radius 1 is 1.04 bits per heavy atom. The second kappa shape index (κ2) is 7.06. The van der Waals surface area contributed by atoms with Gasteiger partial charge in [-0.05, 0) is 41.8 Å². The fourth-order valence-electron chi connectivity index (χ4n) is 1.99. The van der Waals surface area contributed by atoms with Crippen molar-refractivity contribution in [2.45, 2.75) is 12.5 Å². The molecule has 2 aromatic carbocycles. The van der Waals surface area contributed by atoms with E-state index >= 15 is 0 Å². The summed E-state index contributed by atoms with van der Waals surface area (Å²) in [5, 5.41) is 30.8. The topological polar surface area (TPSA) is 89.8 Å². The van der Waals surface area contributed by atoms with Crippen LogP contribution in [0.15, 0.2) is 36.4 Å². The summed E-state index contributed by atoms with van der Waals surface area (Å²) in [6.45, 7) is 0.157. The average Bonchev–Trinajstić information content (AvgIpc) is 2.52. The Labute approximate surface area is 130 Å². The molecule has 122 valence electrons. The monoisotopic (exact) mass is 323 g/mol. The van der Waals surface area contributed by atoms with Crippen molar-refractivity contribution in [3.63, 3.8) is 0 Å². The molecule has 0 aromatic heterocycles. The molecule has 0 bridgehead atoms. The van der Waals surface area contributed by atoms with E-state index in [1.807, 2.05) is 0 Å². The molecule has 0 aliphatic carbocycles. The summed E-state index contributed by atoms with van der Waals surface area (Å²) in [5.41, 5.74) is 0.617. The van der Waals surface area contributed by atoms with Gasteiger partial charge in [-0.3, -0.25) is 4.79 Å². The first-order valence-electron chi connectivity index (χ1n) is 6.80. The smallest absolute Gasteiger partial charge is 0.253 e. The molecule has 0 saturated heterocycles. The van der Waals surface area contributed by atoms with E-state index < -0.39 is 23.6 Å². The minimum atomic E-state index is -1.61. The SMILES string of the molecule is O=C(NCCc1ccc(O)c(O)c1)C(O)c1ccc(F)c(F)c1. The van der Waals surface area contributed by atoms with Crippen LogP contribution in [0.4, 0.5) is 8.78 Å². The van der Waals surface area contributed by atoms with Crippen molar-refractivity contribution in [2.24, 2.45) is 0 Å². The molecule has 2 rings (SSSR count). The molecule has 0 saturated carbocycles. The van der Waals surface area contributed by atoms with Crippen LogP contribution in [-0.4, -0.2) is 27.8 Å². The number of rotatable bonds is 5. The number of nitrogens with one attached hydrogen (secondary N) is 1. The van der Waals surface area contributed by atoms with Gasteiger partial charge in [0.05, 0.1) is 0 Å². The van der Waals surface area contributed by atoms with Gasteiger partial charge in [0.2, 0.25) is 0 Å². The number of aromatic hydroxyl groups is 2. The van der Waals surface area contributed by atoms with Gasteiger partial charge >= 0.3 is 0 Å². The molecule has 2 aromatic rings. The maximum Gasteiger partial charge on any atom is 0.253 e. The van der Waals surface area contributed by atoms with E-state index in [9.17, 15) is 28.9 Å². The van der Waals surface area contributed by atoms with Crippen molar-refractivity contribution >= 4 is 5.91 Å². The van der Waals surface area contributed by atoms with Crippen molar-refractivity contribution in [1.82, 2.24) is 5.32 Å². The normalized spacial score (nSPS) is 12.0. The highest BCUT2D eigenvalue weighted by molar-refractivity contribution is 5.81. The summed E-state index contributed by atoms with van der Waals surface area (Å²) in [7, 11) is 0. The van der Waals surface area contributed by atoms with Gasteiger partial charge in [-0.1, -0.05) is 12.1 Å². The highest BCUT2D eigenvalue weighted by atomic mass is 19.2. The van der Waals surface area contributed by atoms with Crippen LogP contribution in [0.3, 0.4) is 0 Å². The van der Waals surface area contributed by atoms with Gasteiger partial charge in [-0.25, -0.2) is 8.78 Å². The van der Waals surface area contributed by atoms with E-state index in [4.69, 9.17) is 0 Å². The average molecular weight is 323 g/mol. The molecule has 0 heterocycles. The number of phenolic OH excluding ortho intramolecular Hbond substituents is 2. The van der Waals surface area contributed by atoms with Crippen molar-refractivity contribution in [1.29, 1.82) is 0 Å². The van der Waals surface area contributed by atoms with Crippen LogP contribution in [-0.2, 0) is 11.2 Å². The van der Waals surface area contributed by atoms with E-state index in [-0.39, 0.29) is 23.6 Å². The van der Waals surface area contributed by atoms with Gasteiger partial charge in [0.15, 0.2) is 29.2 Å². The van der Waals surface area contributed by atoms with E-state index in [1.54, 1.807) is 6.07 Å². The number of phenols is 2. The molecule has 0 fully saturated rings. The van der Waals surface area contributed by atoms with Gasteiger partial charge in [0, 0.05) is 6.54 Å². The second-order valence-corrected chi connectivity index (χ2v) is 4.94. The quantitative estimate of drug-likeness (QED) is 0.631. The zero-order chi connectivity index (χ0) is 17.0. The Hall–Kier alpha value is -2.67. The number of halogens is 2. The first kappa shape index (κ1) is 16.7. The molecule has 0 spiro atoms. The molecule has 5 nitrogen and oxygen atoms in total. The molecule has 23 heavy (non-hydrogen) atoms. The van der Waals surface area contributed by atoms with E-state index in [0.717, 1.165) is 18.2 Å². The number of aliphatic hydroxyl groups is 1. The number of benzene rings is 2. The fourth-order valence-corrected chi connectivity index (χ4v) is 1.99. The van der Waals surface area contributed by atoms with Crippen LogP contribution >= 0.6 is 0 Å². The summed E-state index contributed by atoms with van der Waals surface area (Å²) < 4.78 is 25.9. The molecule has 0 aliphatic heterocycles. The maximum atomic E-state index is 13.1. The predicted octanol–water partition coefficient (Wildman–Crippen LogP) is 1.77. The third-order valence-electron chi connectivity index (χ3n) is 3.26. The van der Waals surface area contributed by atoms with E-state index in [1.165, 1.54) is 12.1 Å². The van der Waals surface area contributed by atoms with Gasteiger partial charge in [-0.15, -0.1) is 0 Å². The molecule has 7 heteroatoms. The Morgan fingerprint density at radius 2 is 1.78 bits per heavy atom. The Morgan fingerprint density at radius 3 is 2.43 bits per heavy atom. The molecule has 1 amide bonds. The van der Waals surface area contributed by atoms with Gasteiger partial charge < -0.3 is 20.6 Å². The Balaban J connectivity index is 1.90. The third kappa shape index (κ3) is 4.17. The molecule has 0 radical (unpaired) electrons. The van der Waals surface area contributed by atoms with Gasteiger partial charge in [0.25, 0.3) is 5.91 Å². The van der Waals surface area contributed by atoms with Crippen LogP contribution in [0.25, 0.3) is 0 Å². The van der Waals surface area contributed by atoms with Gasteiger partial charge in [-0.2, -0.15) is 0 Å². The lowest BCUT2D eigenvalue weighted by atomic mass is 10.1. The molecule has 1 atom stereocenters. The second-order valence-electron chi connectivity index (χ2n) is 4.94. The zero-order valence-electron chi connectivity index (χ0n) is 12.0. The van der Waals surface area contributed by atoms with Crippen LogP contribution in [0, 0.1) is 11.6 Å². The minimum absolute atomic E-state index is 0.0522. The Kier molecular flexibility index (Phi) is 5.13. The maximum absolute atomic E-state index is 13.1. The van der Waals surface area contributed by atoms with Crippen LogP contribution in [0.2, 0.25) is 0 Å². The first-order valence-corrected chi connectivity index (χ1v) is 6.80. The lowest BCUT2D eigenvalue weighted by Gasteiger charge is -2.12. The fraction of sp³-hybridized carbons (Fsp3) is 0.188. The van der Waals surface area contributed by atoms with Crippen LogP contribution in [0.5, 0.6) is 11.5 Å². The van der Waals surface area contributed by atoms with Crippen molar-refractivity contribution in [2.75, 3.05) is 6.54 Å². The van der Waals surface area contributed by atoms with Crippen molar-refractivity contribution < 1.29 is 28.9 Å². The molecule has 4 N–H and O–H groups in total. The summed E-state index contributed by atoms with van der Waals surface area (Å²) in [5.74, 6) is -3.47. The summed E-state index contributed by atoms with van der Waals surface area (Å²) >= 11 is 0. The van der Waals surface area contributed by atoms with E-state index in [0.29, 0.717) is 12.0 Å². The summed E-state index contributed by atoms with van der Waals surface area (Å²) in [6, 6.07) is 6.97. The number of carbonyl (C=O) groups excluding carboxylic acids is 1. The number of aliphatic hydroxyl groups excluding tert-OH is 1. The standard InChI is InChI=1S/C16H15F2NO4/c17-11-3-2-10(8-12(11)18)15(22)16(23)19-6-5-9-1-4-13(20)14(21)7-9/h1-4,7-8,15,20-22H,5-6H2,(H,19,23). The van der Waals surface area contributed by atoms with Crippen molar-refractivity contribution in [3.8, 4) is 11.5 Å². The molecular formula is C16H15F2NO4. The van der Waals surface area contributed by atoms with Crippen LogP contribution < -0.4 is 5.32 Å². The number of amides is 1. The number of carbonyl (C=O) groups is 1. The van der Waals surface area contributed by atoms with Crippen molar-refractivity contribution in [3.05, 3.63) is 59.2 Å². The number of hydrogen-bond acceptors (Lipinski definition) is 4. The highest BCUT2D eigenvalue weighted by Gasteiger charge is 2.18. The van der Waals surface area contributed by atoms with Gasteiger partial charge in [0.1, 0.15) is 0 Å². The molecule has 1 unspecified atom stereocenters. The number of hydrogen-bond donors (Lipinski definition) is 4. The minimum Gasteiger partial charge on any atom is -0.504 e. The van der Waals surface area contributed by atoms with E-state index in [2.05, 4.69) is 5.32 Å². The Bertz CT molecular complexity index is 721. The summed E-state index contributed by atoms with van der Waals surface area (Å²) in [4.78, 5) is 11.8. The lowest BCUT2D eigenvalue weighted by molar-refractivity contribution is -0.129. The lowest BCUT2D eigenvalue weighted by Crippen LogP contribution is -2.31. The first-order chi connectivity index (χ1) is 10.9. The summed E-state index contributed by atoms with van der Waals surface area (Å²) in [6.07, 6.45) is -1.26.